The molecule has 0 aliphatic carbocycles. The molecule has 6 heteroatoms. The van der Waals surface area contributed by atoms with E-state index in [4.69, 9.17) is 23.2 Å². The van der Waals surface area contributed by atoms with E-state index in [2.05, 4.69) is 5.32 Å². The van der Waals surface area contributed by atoms with Gasteiger partial charge in [-0.2, -0.15) is 0 Å². The molecule has 1 aromatic rings. The van der Waals surface area contributed by atoms with Crippen LogP contribution in [0.4, 0.5) is 10.5 Å². The van der Waals surface area contributed by atoms with E-state index in [-0.39, 0.29) is 11.8 Å². The summed E-state index contributed by atoms with van der Waals surface area (Å²) in [5.41, 5.74) is 0.387. The molecule has 1 atom stereocenters. The molecule has 1 saturated heterocycles. The quantitative estimate of drug-likeness (QED) is 0.850. The van der Waals surface area contributed by atoms with E-state index < -0.39 is 12.1 Å². The van der Waals surface area contributed by atoms with Crippen molar-refractivity contribution in [2.45, 2.75) is 19.9 Å². The van der Waals surface area contributed by atoms with Crippen molar-refractivity contribution in [1.82, 2.24) is 5.32 Å². The Balaban J connectivity index is 2.39. The molecule has 0 bridgehead atoms. The van der Waals surface area contributed by atoms with Crippen molar-refractivity contribution in [3.8, 4) is 0 Å². The number of hydrogen-bond acceptors (Lipinski definition) is 2. The van der Waals surface area contributed by atoms with Crippen LogP contribution in [0.25, 0.3) is 0 Å². The number of nitrogens with zero attached hydrogens (tertiary/aromatic N) is 1. The van der Waals surface area contributed by atoms with Gasteiger partial charge < -0.3 is 5.32 Å². The van der Waals surface area contributed by atoms with Gasteiger partial charge in [-0.3, -0.25) is 4.79 Å². The van der Waals surface area contributed by atoms with Gasteiger partial charge in [0, 0.05) is 10.0 Å². The van der Waals surface area contributed by atoms with Crippen LogP contribution in [0, 0.1) is 5.92 Å². The lowest BCUT2D eigenvalue weighted by atomic mass is 10.0. The van der Waals surface area contributed by atoms with E-state index in [1.807, 2.05) is 13.8 Å². The number of anilines is 1. The van der Waals surface area contributed by atoms with Crippen molar-refractivity contribution in [2.24, 2.45) is 5.92 Å². The van der Waals surface area contributed by atoms with E-state index >= 15 is 0 Å². The summed E-state index contributed by atoms with van der Waals surface area (Å²) in [6, 6.07) is 3.67. The third-order valence-corrected chi connectivity index (χ3v) is 3.18. The first-order chi connectivity index (χ1) is 8.40. The van der Waals surface area contributed by atoms with E-state index in [1.165, 1.54) is 12.1 Å². The molecule has 18 heavy (non-hydrogen) atoms. The number of hydrogen-bond donors (Lipinski definition) is 1. The molecular weight excluding hydrogens is 275 g/mol. The highest BCUT2D eigenvalue weighted by molar-refractivity contribution is 6.35. The maximum atomic E-state index is 12.1. The van der Waals surface area contributed by atoms with Crippen LogP contribution < -0.4 is 10.2 Å². The zero-order chi connectivity index (χ0) is 13.4. The third kappa shape index (κ3) is 2.31. The van der Waals surface area contributed by atoms with Gasteiger partial charge in [0.25, 0.3) is 5.91 Å². The molecule has 2 rings (SSSR count). The Morgan fingerprint density at radius 2 is 1.72 bits per heavy atom. The predicted octanol–water partition coefficient (Wildman–Crippen LogP) is 3.07. The molecule has 1 heterocycles. The predicted molar refractivity (Wildman–Crippen MR) is 71.1 cm³/mol. The number of benzene rings is 1. The summed E-state index contributed by atoms with van der Waals surface area (Å²) in [4.78, 5) is 25.0. The highest BCUT2D eigenvalue weighted by Crippen LogP contribution is 2.28. The Kier molecular flexibility index (Phi) is 3.50. The van der Waals surface area contributed by atoms with Gasteiger partial charge in [-0.1, -0.05) is 37.0 Å². The lowest BCUT2D eigenvalue weighted by Gasteiger charge is -2.15. The molecular formula is C12H12Cl2N2O2. The van der Waals surface area contributed by atoms with Crippen molar-refractivity contribution in [3.05, 3.63) is 28.2 Å². The number of carbonyl (C=O) groups excluding carboxylic acids is 2. The molecule has 1 aliphatic heterocycles. The normalized spacial score (nSPS) is 19.6. The summed E-state index contributed by atoms with van der Waals surface area (Å²) in [5.74, 6) is -0.255. The van der Waals surface area contributed by atoms with Crippen molar-refractivity contribution in [2.75, 3.05) is 4.90 Å². The van der Waals surface area contributed by atoms with Crippen LogP contribution in [0.15, 0.2) is 18.2 Å². The maximum Gasteiger partial charge on any atom is 0.329 e. The second-order valence-electron chi connectivity index (χ2n) is 4.47. The molecule has 1 aromatic carbocycles. The lowest BCUT2D eigenvalue weighted by molar-refractivity contribution is -0.119. The zero-order valence-electron chi connectivity index (χ0n) is 9.91. The van der Waals surface area contributed by atoms with E-state index in [0.717, 1.165) is 4.90 Å². The summed E-state index contributed by atoms with van der Waals surface area (Å²) in [6.07, 6.45) is 0. The fourth-order valence-corrected chi connectivity index (χ4v) is 2.38. The number of carbonyl (C=O) groups is 2. The molecule has 3 amide bonds. The number of imide groups is 1. The van der Waals surface area contributed by atoms with Crippen LogP contribution in [0.2, 0.25) is 10.0 Å². The van der Waals surface area contributed by atoms with Crippen molar-refractivity contribution < 1.29 is 9.59 Å². The molecule has 96 valence electrons. The molecule has 0 unspecified atom stereocenters. The van der Waals surface area contributed by atoms with E-state index in [0.29, 0.717) is 15.7 Å². The average Bonchev–Trinajstić information content (AvgIpc) is 2.52. The van der Waals surface area contributed by atoms with Crippen molar-refractivity contribution >= 4 is 40.8 Å². The smallest absolute Gasteiger partial charge is 0.325 e. The summed E-state index contributed by atoms with van der Waals surface area (Å²) >= 11 is 11.7. The Morgan fingerprint density at radius 1 is 1.17 bits per heavy atom. The molecule has 1 N–H and O–H groups in total. The molecule has 1 aliphatic rings. The number of rotatable bonds is 2. The standard InChI is InChI=1S/C12H12Cl2N2O2/c1-6(2)10-11(17)16(12(18)15-10)9-4-7(13)3-8(14)5-9/h3-6,10H,1-2H3,(H,15,18)/t10-/m0/s1. The van der Waals surface area contributed by atoms with Gasteiger partial charge in [-0.15, -0.1) is 0 Å². The molecule has 0 spiro atoms. The van der Waals surface area contributed by atoms with Crippen molar-refractivity contribution in [1.29, 1.82) is 0 Å². The second kappa shape index (κ2) is 4.78. The Bertz CT molecular complexity index is 497. The minimum atomic E-state index is -0.504. The topological polar surface area (TPSA) is 49.4 Å². The van der Waals surface area contributed by atoms with Gasteiger partial charge in [0.2, 0.25) is 0 Å². The number of amides is 3. The van der Waals surface area contributed by atoms with Crippen LogP contribution in [-0.4, -0.2) is 18.0 Å². The number of halogens is 2. The zero-order valence-corrected chi connectivity index (χ0v) is 11.4. The average molecular weight is 287 g/mol. The Morgan fingerprint density at radius 3 is 2.17 bits per heavy atom. The number of urea groups is 1. The van der Waals surface area contributed by atoms with Gasteiger partial charge in [-0.25, -0.2) is 9.69 Å². The van der Waals surface area contributed by atoms with Crippen LogP contribution in [0.1, 0.15) is 13.8 Å². The van der Waals surface area contributed by atoms with E-state index in [9.17, 15) is 9.59 Å². The first kappa shape index (κ1) is 13.2. The molecule has 0 saturated carbocycles. The molecule has 0 radical (unpaired) electrons. The largest absolute Gasteiger partial charge is 0.329 e. The highest BCUT2D eigenvalue weighted by Gasteiger charge is 2.40. The van der Waals surface area contributed by atoms with Crippen LogP contribution in [-0.2, 0) is 4.79 Å². The monoisotopic (exact) mass is 286 g/mol. The SMILES string of the molecule is CC(C)[C@@H]1NC(=O)N(c2cc(Cl)cc(Cl)c2)C1=O. The lowest BCUT2D eigenvalue weighted by Crippen LogP contribution is -2.34. The van der Waals surface area contributed by atoms with Gasteiger partial charge in [0.15, 0.2) is 0 Å². The summed E-state index contributed by atoms with van der Waals surface area (Å²) in [7, 11) is 0. The van der Waals surface area contributed by atoms with Crippen molar-refractivity contribution in [3.63, 3.8) is 0 Å². The van der Waals surface area contributed by atoms with Crippen LogP contribution >= 0.6 is 23.2 Å². The Hall–Kier alpha value is -1.26. The fraction of sp³-hybridized carbons (Fsp3) is 0.333. The minimum Gasteiger partial charge on any atom is -0.325 e. The molecule has 4 nitrogen and oxygen atoms in total. The summed E-state index contributed by atoms with van der Waals surface area (Å²) in [5, 5.41) is 3.40. The van der Waals surface area contributed by atoms with Gasteiger partial charge in [0.1, 0.15) is 6.04 Å². The third-order valence-electron chi connectivity index (χ3n) is 2.74. The van der Waals surface area contributed by atoms with E-state index in [1.54, 1.807) is 6.07 Å². The first-order valence-electron chi connectivity index (χ1n) is 5.50. The van der Waals surface area contributed by atoms with Gasteiger partial charge >= 0.3 is 6.03 Å². The van der Waals surface area contributed by atoms with Crippen LogP contribution in [0.3, 0.4) is 0 Å². The highest BCUT2D eigenvalue weighted by atomic mass is 35.5. The van der Waals surface area contributed by atoms with Gasteiger partial charge in [-0.05, 0) is 24.1 Å². The summed E-state index contributed by atoms with van der Waals surface area (Å²) in [6.45, 7) is 3.74. The van der Waals surface area contributed by atoms with Gasteiger partial charge in [0.05, 0.1) is 5.69 Å². The molecule has 1 fully saturated rings. The van der Waals surface area contributed by atoms with Crippen LogP contribution in [0.5, 0.6) is 0 Å². The minimum absolute atomic E-state index is 0.0288. The molecule has 0 aromatic heterocycles. The first-order valence-corrected chi connectivity index (χ1v) is 6.26. The Labute approximate surface area is 115 Å². The number of nitrogens with one attached hydrogen (secondary N) is 1. The second-order valence-corrected chi connectivity index (χ2v) is 5.35. The fourth-order valence-electron chi connectivity index (χ4n) is 1.86. The summed E-state index contributed by atoms with van der Waals surface area (Å²) < 4.78 is 0. The maximum absolute atomic E-state index is 12.1.